The Bertz CT molecular complexity index is 1250. The third-order valence-corrected chi connectivity index (χ3v) is 6.40. The number of fused-ring (bicyclic) bond motifs is 1. The van der Waals surface area contributed by atoms with Crippen molar-refractivity contribution >= 4 is 11.0 Å². The lowest BCUT2D eigenvalue weighted by molar-refractivity contribution is -0.941. The predicted octanol–water partition coefficient (Wildman–Crippen LogP) is 4.88. The van der Waals surface area contributed by atoms with E-state index in [1.165, 1.54) is 12.1 Å². The van der Waals surface area contributed by atoms with Gasteiger partial charge in [0.25, 0.3) is 5.76 Å². The fourth-order valence-electron chi connectivity index (χ4n) is 4.41. The summed E-state index contributed by atoms with van der Waals surface area (Å²) >= 11 is 0. The van der Waals surface area contributed by atoms with Crippen molar-refractivity contribution in [3.8, 4) is 17.2 Å². The normalized spacial score (nSPS) is 19.1. The molecule has 0 radical (unpaired) electrons. The summed E-state index contributed by atoms with van der Waals surface area (Å²) in [4.78, 5) is 14.4. The summed E-state index contributed by atoms with van der Waals surface area (Å²) in [5.41, 5.74) is 0.401. The number of halogens is 3. The molecule has 1 saturated heterocycles. The molecule has 33 heavy (non-hydrogen) atoms. The standard InChI is InChI=1S/C25H26F3NO4/c1-14-7-8-15(2)20(12-14)32-23-21(31)17-9-10-19(30)18(13-29-11-5-4-6-16(29)3)22(17)33-24(23)25(26,27)28/h7-10,12,16,30H,4-6,11,13H2,1-3H3/p+1/t16-/m1/s1. The van der Waals surface area contributed by atoms with Crippen LogP contribution in [0.15, 0.2) is 39.5 Å². The van der Waals surface area contributed by atoms with E-state index >= 15 is 0 Å². The summed E-state index contributed by atoms with van der Waals surface area (Å²) in [5, 5.41) is 10.4. The van der Waals surface area contributed by atoms with Crippen molar-refractivity contribution in [1.82, 2.24) is 0 Å². The molecule has 1 unspecified atom stereocenters. The first kappa shape index (κ1) is 23.2. The van der Waals surface area contributed by atoms with E-state index in [-0.39, 0.29) is 40.6 Å². The van der Waals surface area contributed by atoms with Crippen LogP contribution in [-0.4, -0.2) is 17.7 Å². The average Bonchev–Trinajstić information content (AvgIpc) is 2.75. The molecule has 1 aromatic heterocycles. The molecule has 0 saturated carbocycles. The van der Waals surface area contributed by atoms with Crippen molar-refractivity contribution in [1.29, 1.82) is 0 Å². The first-order chi connectivity index (χ1) is 15.6. The van der Waals surface area contributed by atoms with Gasteiger partial charge in [0.1, 0.15) is 18.0 Å². The lowest BCUT2D eigenvalue weighted by Gasteiger charge is -2.30. The minimum atomic E-state index is -4.96. The minimum absolute atomic E-state index is 0.0554. The second kappa shape index (κ2) is 8.74. The van der Waals surface area contributed by atoms with Gasteiger partial charge in [-0.1, -0.05) is 12.1 Å². The zero-order valence-corrected chi connectivity index (χ0v) is 18.8. The molecule has 3 aromatic rings. The fraction of sp³-hybridized carbons (Fsp3) is 0.400. The van der Waals surface area contributed by atoms with Gasteiger partial charge in [0.05, 0.1) is 23.5 Å². The molecule has 2 N–H and O–H groups in total. The third-order valence-electron chi connectivity index (χ3n) is 6.40. The molecule has 5 nitrogen and oxygen atoms in total. The first-order valence-corrected chi connectivity index (χ1v) is 11.0. The molecule has 4 rings (SSSR count). The fourth-order valence-corrected chi connectivity index (χ4v) is 4.41. The van der Waals surface area contributed by atoms with Crippen LogP contribution in [0.25, 0.3) is 11.0 Å². The number of nitrogens with one attached hydrogen (secondary N) is 1. The van der Waals surface area contributed by atoms with Crippen LogP contribution >= 0.6 is 0 Å². The van der Waals surface area contributed by atoms with Gasteiger partial charge in [-0.3, -0.25) is 4.79 Å². The molecule has 0 spiro atoms. The number of quaternary nitrogens is 1. The molecule has 176 valence electrons. The van der Waals surface area contributed by atoms with Crippen LogP contribution in [0.2, 0.25) is 0 Å². The van der Waals surface area contributed by atoms with Crippen molar-refractivity contribution in [2.75, 3.05) is 6.54 Å². The minimum Gasteiger partial charge on any atom is -0.507 e. The van der Waals surface area contributed by atoms with Gasteiger partial charge < -0.3 is 19.2 Å². The van der Waals surface area contributed by atoms with Crippen LogP contribution in [-0.2, 0) is 12.7 Å². The molecule has 2 aromatic carbocycles. The molecule has 1 aliphatic heterocycles. The van der Waals surface area contributed by atoms with Crippen LogP contribution in [0.4, 0.5) is 13.2 Å². The Morgan fingerprint density at radius 2 is 1.94 bits per heavy atom. The van der Waals surface area contributed by atoms with Crippen LogP contribution in [0.5, 0.6) is 17.2 Å². The van der Waals surface area contributed by atoms with E-state index in [0.29, 0.717) is 5.56 Å². The second-order valence-electron chi connectivity index (χ2n) is 8.88. The van der Waals surface area contributed by atoms with Gasteiger partial charge in [-0.25, -0.2) is 0 Å². The van der Waals surface area contributed by atoms with E-state index in [2.05, 4.69) is 6.92 Å². The van der Waals surface area contributed by atoms with Crippen molar-refractivity contribution in [2.24, 2.45) is 0 Å². The SMILES string of the molecule is Cc1ccc(C)c(Oc2c(C(F)(F)F)oc3c(C[NH+]4CCCC[C@H]4C)c(O)ccc3c2=O)c1. The summed E-state index contributed by atoms with van der Waals surface area (Å²) in [7, 11) is 0. The number of hydrogen-bond acceptors (Lipinski definition) is 4. The monoisotopic (exact) mass is 462 g/mol. The predicted molar refractivity (Wildman–Crippen MR) is 118 cm³/mol. The summed E-state index contributed by atoms with van der Waals surface area (Å²) in [6.45, 7) is 6.63. The van der Waals surface area contributed by atoms with Crippen molar-refractivity contribution < 1.29 is 32.3 Å². The average molecular weight is 462 g/mol. The van der Waals surface area contributed by atoms with Crippen molar-refractivity contribution in [2.45, 2.75) is 58.8 Å². The number of benzene rings is 2. The number of piperidine rings is 1. The highest BCUT2D eigenvalue weighted by molar-refractivity contribution is 5.83. The van der Waals surface area contributed by atoms with E-state index in [1.54, 1.807) is 32.0 Å². The number of phenols is 1. The largest absolute Gasteiger partial charge is 0.507 e. The number of aromatic hydroxyl groups is 1. The molecule has 1 fully saturated rings. The molecule has 0 amide bonds. The van der Waals surface area contributed by atoms with Gasteiger partial charge in [-0.05, 0) is 69.4 Å². The quantitative estimate of drug-likeness (QED) is 0.580. The summed E-state index contributed by atoms with van der Waals surface area (Å²) in [5.74, 6) is -2.45. The molecular weight excluding hydrogens is 435 g/mol. The number of alkyl halides is 3. The Balaban J connectivity index is 1.90. The first-order valence-electron chi connectivity index (χ1n) is 11.0. The Hall–Kier alpha value is -3.00. The lowest BCUT2D eigenvalue weighted by Crippen LogP contribution is -3.14. The Kier molecular flexibility index (Phi) is 6.14. The molecule has 0 bridgehead atoms. The molecule has 2 heterocycles. The van der Waals surface area contributed by atoms with E-state index in [1.807, 2.05) is 0 Å². The van der Waals surface area contributed by atoms with E-state index < -0.39 is 23.1 Å². The Morgan fingerprint density at radius 1 is 1.18 bits per heavy atom. The summed E-state index contributed by atoms with van der Waals surface area (Å²) < 4.78 is 52.9. The van der Waals surface area contributed by atoms with Gasteiger partial charge in [-0.2, -0.15) is 13.2 Å². The van der Waals surface area contributed by atoms with E-state index in [9.17, 15) is 23.1 Å². The Labute approximate surface area is 189 Å². The third kappa shape index (κ3) is 4.57. The molecule has 1 aliphatic rings. The van der Waals surface area contributed by atoms with Crippen LogP contribution < -0.4 is 15.1 Å². The maximum Gasteiger partial charge on any atom is 0.453 e. The number of aryl methyl sites for hydroxylation is 2. The van der Waals surface area contributed by atoms with E-state index in [4.69, 9.17) is 9.15 Å². The number of rotatable bonds is 4. The highest BCUT2D eigenvalue weighted by atomic mass is 19.4. The van der Waals surface area contributed by atoms with Gasteiger partial charge in [-0.15, -0.1) is 0 Å². The summed E-state index contributed by atoms with van der Waals surface area (Å²) in [6, 6.07) is 7.98. The van der Waals surface area contributed by atoms with Crippen molar-refractivity contribution in [3.63, 3.8) is 0 Å². The number of likely N-dealkylation sites (tertiary alicyclic amines) is 1. The highest BCUT2D eigenvalue weighted by Gasteiger charge is 2.41. The zero-order valence-electron chi connectivity index (χ0n) is 18.8. The van der Waals surface area contributed by atoms with Gasteiger partial charge in [0.15, 0.2) is 5.58 Å². The van der Waals surface area contributed by atoms with Gasteiger partial charge in [0, 0.05) is 0 Å². The maximum atomic E-state index is 14.0. The van der Waals surface area contributed by atoms with E-state index in [0.717, 1.165) is 36.3 Å². The topological polar surface area (TPSA) is 64.1 Å². The van der Waals surface area contributed by atoms with Gasteiger partial charge >= 0.3 is 6.18 Å². The summed E-state index contributed by atoms with van der Waals surface area (Å²) in [6.07, 6.45) is -1.88. The van der Waals surface area contributed by atoms with Crippen LogP contribution in [0.1, 0.15) is 48.6 Å². The number of ether oxygens (including phenoxy) is 1. The molecule has 0 aliphatic carbocycles. The van der Waals surface area contributed by atoms with Crippen LogP contribution in [0, 0.1) is 13.8 Å². The smallest absolute Gasteiger partial charge is 0.453 e. The molecule has 8 heteroatoms. The molecule has 2 atom stereocenters. The highest BCUT2D eigenvalue weighted by Crippen LogP contribution is 2.40. The molecular formula is C25H27F3NO4+. The number of phenolic OH excluding ortho intramolecular Hbond substituents is 1. The van der Waals surface area contributed by atoms with Crippen molar-refractivity contribution in [3.05, 3.63) is 63.0 Å². The maximum absolute atomic E-state index is 14.0. The zero-order chi connectivity index (χ0) is 23.9. The lowest BCUT2D eigenvalue weighted by atomic mass is 10.0. The Morgan fingerprint density at radius 3 is 2.64 bits per heavy atom. The van der Waals surface area contributed by atoms with Crippen LogP contribution in [0.3, 0.4) is 0 Å². The number of hydrogen-bond donors (Lipinski definition) is 2. The second-order valence-corrected chi connectivity index (χ2v) is 8.88. The van der Waals surface area contributed by atoms with Gasteiger partial charge in [0.2, 0.25) is 11.2 Å².